The van der Waals surface area contributed by atoms with Gasteiger partial charge in [-0.05, 0) is 43.3 Å². The first kappa shape index (κ1) is 15.4. The number of nitro groups is 1. The average Bonchev–Trinajstić information content (AvgIpc) is 2.50. The normalized spacial score (nSPS) is 11.5. The third kappa shape index (κ3) is 4.02. The number of carbonyl (C=O) groups is 1. The first-order valence-electron chi connectivity index (χ1n) is 6.53. The molecule has 2 aromatic rings. The molecular formula is C15H14FN3O3. The van der Waals surface area contributed by atoms with E-state index in [9.17, 15) is 19.3 Å². The summed E-state index contributed by atoms with van der Waals surface area (Å²) in [6.07, 6.45) is 0. The third-order valence-corrected chi connectivity index (χ3v) is 2.97. The molecule has 22 heavy (non-hydrogen) atoms. The minimum absolute atomic E-state index is 0.0458. The Hall–Kier alpha value is -2.96. The predicted octanol–water partition coefficient (Wildman–Crippen LogP) is 3.17. The zero-order valence-corrected chi connectivity index (χ0v) is 11.7. The van der Waals surface area contributed by atoms with Crippen molar-refractivity contribution in [3.8, 4) is 0 Å². The molecule has 0 spiro atoms. The lowest BCUT2D eigenvalue weighted by Gasteiger charge is -2.15. The molecule has 0 saturated heterocycles. The van der Waals surface area contributed by atoms with Crippen LogP contribution in [-0.2, 0) is 4.79 Å². The monoisotopic (exact) mass is 303 g/mol. The lowest BCUT2D eigenvalue weighted by molar-refractivity contribution is -0.384. The van der Waals surface area contributed by atoms with Crippen LogP contribution in [0.25, 0.3) is 0 Å². The molecule has 114 valence electrons. The molecule has 0 aliphatic carbocycles. The molecule has 0 aromatic heterocycles. The molecule has 1 atom stereocenters. The Labute approximate surface area is 126 Å². The van der Waals surface area contributed by atoms with E-state index >= 15 is 0 Å². The largest absolute Gasteiger partial charge is 0.374 e. The lowest BCUT2D eigenvalue weighted by atomic mass is 10.2. The van der Waals surface area contributed by atoms with Gasteiger partial charge in [-0.2, -0.15) is 0 Å². The predicted molar refractivity (Wildman–Crippen MR) is 81.2 cm³/mol. The molecule has 0 aliphatic heterocycles. The molecule has 2 rings (SSSR count). The van der Waals surface area contributed by atoms with E-state index < -0.39 is 11.0 Å². The first-order valence-corrected chi connectivity index (χ1v) is 6.53. The van der Waals surface area contributed by atoms with E-state index in [2.05, 4.69) is 10.6 Å². The summed E-state index contributed by atoms with van der Waals surface area (Å²) >= 11 is 0. The number of nitrogens with one attached hydrogen (secondary N) is 2. The van der Waals surface area contributed by atoms with Crippen LogP contribution in [-0.4, -0.2) is 16.9 Å². The first-order chi connectivity index (χ1) is 10.5. The van der Waals surface area contributed by atoms with Crippen LogP contribution in [0.3, 0.4) is 0 Å². The zero-order chi connectivity index (χ0) is 16.1. The van der Waals surface area contributed by atoms with E-state index in [1.165, 1.54) is 48.5 Å². The summed E-state index contributed by atoms with van der Waals surface area (Å²) in [6.45, 7) is 1.66. The quantitative estimate of drug-likeness (QED) is 0.656. The van der Waals surface area contributed by atoms with Crippen LogP contribution in [0.1, 0.15) is 6.92 Å². The van der Waals surface area contributed by atoms with Crippen LogP contribution >= 0.6 is 0 Å². The molecule has 0 heterocycles. The van der Waals surface area contributed by atoms with Gasteiger partial charge >= 0.3 is 0 Å². The van der Waals surface area contributed by atoms with Crippen molar-refractivity contribution < 1.29 is 14.1 Å². The number of nitrogens with zero attached hydrogens (tertiary/aromatic N) is 1. The standard InChI is InChI=1S/C15H14FN3O3/c1-10(17-12-4-2-11(16)3-5-12)15(20)18-13-6-8-14(9-7-13)19(21)22/h2-10,17H,1H3,(H,18,20)/t10-/m0/s1. The smallest absolute Gasteiger partial charge is 0.269 e. The Morgan fingerprint density at radius 1 is 1.09 bits per heavy atom. The highest BCUT2D eigenvalue weighted by Crippen LogP contribution is 2.16. The Bertz CT molecular complexity index is 671. The number of amides is 1. The summed E-state index contributed by atoms with van der Waals surface area (Å²) in [6, 6.07) is 10.6. The summed E-state index contributed by atoms with van der Waals surface area (Å²) in [5.74, 6) is -0.660. The number of hydrogen-bond donors (Lipinski definition) is 2. The van der Waals surface area contributed by atoms with Crippen molar-refractivity contribution in [3.05, 3.63) is 64.5 Å². The fraction of sp³-hybridized carbons (Fsp3) is 0.133. The van der Waals surface area contributed by atoms with Gasteiger partial charge in [0.1, 0.15) is 11.9 Å². The lowest BCUT2D eigenvalue weighted by Crippen LogP contribution is -2.31. The third-order valence-electron chi connectivity index (χ3n) is 2.97. The van der Waals surface area contributed by atoms with E-state index in [1.807, 2.05) is 0 Å². The molecule has 0 radical (unpaired) electrons. The van der Waals surface area contributed by atoms with Gasteiger partial charge in [-0.25, -0.2) is 4.39 Å². The summed E-state index contributed by atoms with van der Waals surface area (Å²) < 4.78 is 12.8. The van der Waals surface area contributed by atoms with Crippen molar-refractivity contribution in [3.63, 3.8) is 0 Å². The highest BCUT2D eigenvalue weighted by atomic mass is 19.1. The van der Waals surface area contributed by atoms with Gasteiger partial charge in [0.2, 0.25) is 5.91 Å². The summed E-state index contributed by atoms with van der Waals surface area (Å²) in [5.41, 5.74) is 1.03. The maximum Gasteiger partial charge on any atom is 0.269 e. The summed E-state index contributed by atoms with van der Waals surface area (Å²) in [7, 11) is 0. The minimum Gasteiger partial charge on any atom is -0.374 e. The van der Waals surface area contributed by atoms with Crippen molar-refractivity contribution in [1.29, 1.82) is 0 Å². The van der Waals surface area contributed by atoms with E-state index in [1.54, 1.807) is 6.92 Å². The van der Waals surface area contributed by atoms with Crippen LogP contribution in [0.4, 0.5) is 21.5 Å². The zero-order valence-electron chi connectivity index (χ0n) is 11.7. The van der Waals surface area contributed by atoms with Crippen molar-refractivity contribution >= 4 is 23.0 Å². The molecular weight excluding hydrogens is 289 g/mol. The summed E-state index contributed by atoms with van der Waals surface area (Å²) in [4.78, 5) is 22.1. The minimum atomic E-state index is -0.555. The van der Waals surface area contributed by atoms with Gasteiger partial charge < -0.3 is 10.6 Å². The van der Waals surface area contributed by atoms with Gasteiger partial charge in [0.15, 0.2) is 0 Å². The molecule has 0 bridgehead atoms. The molecule has 0 saturated carbocycles. The van der Waals surface area contributed by atoms with Crippen molar-refractivity contribution in [2.75, 3.05) is 10.6 Å². The fourth-order valence-electron chi connectivity index (χ4n) is 1.78. The number of hydrogen-bond acceptors (Lipinski definition) is 4. The second-order valence-corrected chi connectivity index (χ2v) is 4.67. The molecule has 6 nitrogen and oxygen atoms in total. The molecule has 0 unspecified atom stereocenters. The number of non-ortho nitro benzene ring substituents is 1. The van der Waals surface area contributed by atoms with Crippen LogP contribution in [0.2, 0.25) is 0 Å². The number of halogens is 1. The Balaban J connectivity index is 1.95. The van der Waals surface area contributed by atoms with E-state index in [0.29, 0.717) is 11.4 Å². The Morgan fingerprint density at radius 2 is 1.64 bits per heavy atom. The highest BCUT2D eigenvalue weighted by molar-refractivity contribution is 5.96. The fourth-order valence-corrected chi connectivity index (χ4v) is 1.78. The van der Waals surface area contributed by atoms with E-state index in [-0.39, 0.29) is 17.4 Å². The van der Waals surface area contributed by atoms with Crippen LogP contribution < -0.4 is 10.6 Å². The second-order valence-electron chi connectivity index (χ2n) is 4.67. The highest BCUT2D eigenvalue weighted by Gasteiger charge is 2.13. The van der Waals surface area contributed by atoms with Gasteiger partial charge in [0, 0.05) is 23.5 Å². The van der Waals surface area contributed by atoms with E-state index in [4.69, 9.17) is 0 Å². The Kier molecular flexibility index (Phi) is 4.67. The van der Waals surface area contributed by atoms with Gasteiger partial charge in [-0.1, -0.05) is 0 Å². The maximum absolute atomic E-state index is 12.8. The van der Waals surface area contributed by atoms with Crippen LogP contribution in [0.5, 0.6) is 0 Å². The van der Waals surface area contributed by atoms with Crippen molar-refractivity contribution in [1.82, 2.24) is 0 Å². The van der Waals surface area contributed by atoms with Gasteiger partial charge in [-0.3, -0.25) is 14.9 Å². The van der Waals surface area contributed by atoms with Crippen molar-refractivity contribution in [2.24, 2.45) is 0 Å². The average molecular weight is 303 g/mol. The van der Waals surface area contributed by atoms with Crippen LogP contribution in [0.15, 0.2) is 48.5 Å². The molecule has 2 aromatic carbocycles. The number of anilines is 2. The number of nitro benzene ring substituents is 1. The molecule has 7 heteroatoms. The number of rotatable bonds is 5. The maximum atomic E-state index is 12.8. The summed E-state index contributed by atoms with van der Waals surface area (Å²) in [5, 5.41) is 16.1. The van der Waals surface area contributed by atoms with Crippen molar-refractivity contribution in [2.45, 2.75) is 13.0 Å². The molecule has 0 aliphatic rings. The Morgan fingerprint density at radius 3 is 2.18 bits per heavy atom. The molecule has 2 N–H and O–H groups in total. The second kappa shape index (κ2) is 6.66. The van der Waals surface area contributed by atoms with Crippen LogP contribution in [0, 0.1) is 15.9 Å². The SMILES string of the molecule is C[C@H](Nc1ccc(F)cc1)C(=O)Nc1ccc([N+](=O)[O-])cc1. The molecule has 0 fully saturated rings. The topological polar surface area (TPSA) is 84.3 Å². The van der Waals surface area contributed by atoms with Gasteiger partial charge in [-0.15, -0.1) is 0 Å². The number of benzene rings is 2. The van der Waals surface area contributed by atoms with E-state index in [0.717, 1.165) is 0 Å². The number of carbonyl (C=O) groups excluding carboxylic acids is 1. The van der Waals surface area contributed by atoms with Gasteiger partial charge in [0.05, 0.1) is 4.92 Å². The molecule has 1 amide bonds. The van der Waals surface area contributed by atoms with Gasteiger partial charge in [0.25, 0.3) is 5.69 Å².